The molecule has 1 unspecified atom stereocenters. The average molecular weight is 321 g/mol. The van der Waals surface area contributed by atoms with Crippen molar-refractivity contribution in [2.45, 2.75) is 58.5 Å². The lowest BCUT2D eigenvalue weighted by Crippen LogP contribution is -2.35. The molecule has 0 aliphatic carbocycles. The van der Waals surface area contributed by atoms with Gasteiger partial charge in [-0.25, -0.2) is 0 Å². The van der Waals surface area contributed by atoms with E-state index in [1.165, 1.54) is 11.1 Å². The van der Waals surface area contributed by atoms with Crippen molar-refractivity contribution in [3.05, 3.63) is 29.3 Å². The van der Waals surface area contributed by atoms with Gasteiger partial charge < -0.3 is 15.4 Å². The highest BCUT2D eigenvalue weighted by Crippen LogP contribution is 2.32. The lowest BCUT2D eigenvalue weighted by atomic mass is 9.93. The summed E-state index contributed by atoms with van der Waals surface area (Å²) in [5.74, 6) is 0.921. The highest BCUT2D eigenvalue weighted by Gasteiger charge is 2.17. The van der Waals surface area contributed by atoms with E-state index < -0.39 is 0 Å². The Morgan fingerprint density at radius 1 is 1.23 bits per heavy atom. The Kier molecular flexibility index (Phi) is 6.21. The van der Waals surface area contributed by atoms with Crippen LogP contribution in [0.25, 0.3) is 0 Å². The van der Waals surface area contributed by atoms with Crippen molar-refractivity contribution in [1.82, 2.24) is 5.32 Å². The molecule has 2 N–H and O–H groups in total. The summed E-state index contributed by atoms with van der Waals surface area (Å²) in [6, 6.07) is 6.50. The average Bonchev–Trinajstić information content (AvgIpc) is 2.98. The largest absolute Gasteiger partial charge is 0.376 e. The quantitative estimate of drug-likeness (QED) is 0.788. The molecule has 1 saturated heterocycles. The zero-order valence-corrected chi connectivity index (χ0v) is 14.9. The van der Waals surface area contributed by atoms with E-state index in [0.717, 1.165) is 31.7 Å². The van der Waals surface area contributed by atoms with E-state index in [2.05, 4.69) is 56.5 Å². The molecule has 2 rings (SSSR count). The van der Waals surface area contributed by atoms with Crippen LogP contribution in [0.5, 0.6) is 0 Å². The number of benzene rings is 1. The summed E-state index contributed by atoms with van der Waals surface area (Å²) in [6.45, 7) is 10.5. The maximum Gasteiger partial charge on any atom is 0.170 e. The molecule has 0 spiro atoms. The number of para-hydroxylation sites is 1. The second-order valence-corrected chi connectivity index (χ2v) is 7.00. The smallest absolute Gasteiger partial charge is 0.170 e. The molecular formula is C18H28N2OS. The molecule has 0 bridgehead atoms. The van der Waals surface area contributed by atoms with E-state index in [-0.39, 0.29) is 0 Å². The van der Waals surface area contributed by atoms with Crippen molar-refractivity contribution in [3.63, 3.8) is 0 Å². The minimum atomic E-state index is 0.296. The van der Waals surface area contributed by atoms with Crippen LogP contribution in [-0.2, 0) is 4.74 Å². The van der Waals surface area contributed by atoms with Crippen LogP contribution >= 0.6 is 12.2 Å². The van der Waals surface area contributed by atoms with Gasteiger partial charge in [0.25, 0.3) is 0 Å². The van der Waals surface area contributed by atoms with Gasteiger partial charge in [0, 0.05) is 18.8 Å². The molecule has 1 heterocycles. The minimum Gasteiger partial charge on any atom is -0.376 e. The first-order valence-corrected chi connectivity index (χ1v) is 8.69. The third kappa shape index (κ3) is 4.43. The summed E-state index contributed by atoms with van der Waals surface area (Å²) in [6.07, 6.45) is 2.57. The third-order valence-electron chi connectivity index (χ3n) is 4.13. The fourth-order valence-electron chi connectivity index (χ4n) is 2.86. The summed E-state index contributed by atoms with van der Waals surface area (Å²) in [7, 11) is 0. The summed E-state index contributed by atoms with van der Waals surface area (Å²) in [5, 5.41) is 7.42. The molecule has 4 heteroatoms. The van der Waals surface area contributed by atoms with E-state index >= 15 is 0 Å². The molecule has 0 radical (unpaired) electrons. The van der Waals surface area contributed by atoms with Crippen LogP contribution in [-0.4, -0.2) is 24.4 Å². The molecule has 1 fully saturated rings. The lowest BCUT2D eigenvalue weighted by molar-refractivity contribution is 0.114. The zero-order valence-electron chi connectivity index (χ0n) is 14.1. The monoisotopic (exact) mass is 320 g/mol. The fraction of sp³-hybridized carbons (Fsp3) is 0.611. The van der Waals surface area contributed by atoms with Gasteiger partial charge in [-0.15, -0.1) is 0 Å². The maximum atomic E-state index is 5.63. The maximum absolute atomic E-state index is 5.63. The van der Waals surface area contributed by atoms with Crippen LogP contribution < -0.4 is 10.6 Å². The first-order chi connectivity index (χ1) is 10.5. The Hall–Kier alpha value is -1.13. The number of hydrogen-bond acceptors (Lipinski definition) is 2. The summed E-state index contributed by atoms with van der Waals surface area (Å²) < 4.78 is 5.63. The Balaban J connectivity index is 2.07. The molecule has 1 aliphatic heterocycles. The molecule has 1 aliphatic rings. The lowest BCUT2D eigenvalue weighted by Gasteiger charge is -2.22. The Morgan fingerprint density at radius 2 is 1.86 bits per heavy atom. The van der Waals surface area contributed by atoms with Gasteiger partial charge in [-0.2, -0.15) is 0 Å². The Bertz CT molecular complexity index is 482. The van der Waals surface area contributed by atoms with Gasteiger partial charge >= 0.3 is 0 Å². The van der Waals surface area contributed by atoms with Crippen molar-refractivity contribution in [2.75, 3.05) is 18.5 Å². The van der Waals surface area contributed by atoms with Gasteiger partial charge in [-0.1, -0.05) is 45.9 Å². The number of ether oxygens (including phenoxy) is 1. The standard InChI is InChI=1S/C18H28N2OS/c1-12(2)15-8-5-9-16(13(3)4)17(15)20-18(22)19-11-14-7-6-10-21-14/h5,8-9,12-14H,6-7,10-11H2,1-4H3,(H2,19,20,22). The molecule has 22 heavy (non-hydrogen) atoms. The molecule has 3 nitrogen and oxygen atoms in total. The summed E-state index contributed by atoms with van der Waals surface area (Å²) in [5.41, 5.74) is 3.79. The normalized spacial score (nSPS) is 18.0. The highest BCUT2D eigenvalue weighted by molar-refractivity contribution is 7.80. The Labute approximate surface area is 139 Å². The number of rotatable bonds is 5. The van der Waals surface area contributed by atoms with Gasteiger partial charge in [0.2, 0.25) is 0 Å². The molecule has 0 amide bonds. The predicted octanol–water partition coefficient (Wildman–Crippen LogP) is 4.40. The molecular weight excluding hydrogens is 292 g/mol. The van der Waals surface area contributed by atoms with Gasteiger partial charge in [0.1, 0.15) is 0 Å². The van der Waals surface area contributed by atoms with Gasteiger partial charge in [0.05, 0.1) is 6.10 Å². The van der Waals surface area contributed by atoms with Gasteiger partial charge in [0.15, 0.2) is 5.11 Å². The van der Waals surface area contributed by atoms with Gasteiger partial charge in [-0.05, 0) is 48.0 Å². The molecule has 0 aromatic heterocycles. The SMILES string of the molecule is CC(C)c1cccc(C(C)C)c1NC(=S)NCC1CCCO1. The number of hydrogen-bond donors (Lipinski definition) is 2. The van der Waals surface area contributed by atoms with Crippen molar-refractivity contribution >= 4 is 23.0 Å². The van der Waals surface area contributed by atoms with E-state index in [4.69, 9.17) is 17.0 Å². The van der Waals surface area contributed by atoms with Crippen molar-refractivity contribution in [1.29, 1.82) is 0 Å². The van der Waals surface area contributed by atoms with E-state index in [0.29, 0.717) is 23.1 Å². The van der Waals surface area contributed by atoms with Crippen LogP contribution in [0.3, 0.4) is 0 Å². The third-order valence-corrected chi connectivity index (χ3v) is 4.37. The number of anilines is 1. The van der Waals surface area contributed by atoms with Gasteiger partial charge in [-0.3, -0.25) is 0 Å². The minimum absolute atomic E-state index is 0.296. The second kappa shape index (κ2) is 7.93. The van der Waals surface area contributed by atoms with Crippen molar-refractivity contribution in [2.24, 2.45) is 0 Å². The predicted molar refractivity (Wildman–Crippen MR) is 97.8 cm³/mol. The summed E-state index contributed by atoms with van der Waals surface area (Å²) in [4.78, 5) is 0. The molecule has 1 aromatic carbocycles. The van der Waals surface area contributed by atoms with Crippen molar-refractivity contribution in [3.8, 4) is 0 Å². The van der Waals surface area contributed by atoms with Crippen LogP contribution in [0.4, 0.5) is 5.69 Å². The number of thiocarbonyl (C=S) groups is 1. The molecule has 0 saturated carbocycles. The van der Waals surface area contributed by atoms with Crippen LogP contribution in [0.2, 0.25) is 0 Å². The molecule has 1 atom stereocenters. The topological polar surface area (TPSA) is 33.3 Å². The first kappa shape index (κ1) is 17.2. The summed E-state index contributed by atoms with van der Waals surface area (Å²) >= 11 is 5.49. The second-order valence-electron chi connectivity index (χ2n) is 6.59. The Morgan fingerprint density at radius 3 is 2.36 bits per heavy atom. The fourth-order valence-corrected chi connectivity index (χ4v) is 3.05. The molecule has 122 valence electrons. The zero-order chi connectivity index (χ0) is 16.1. The number of nitrogens with one attached hydrogen (secondary N) is 2. The van der Waals surface area contributed by atoms with Crippen LogP contribution in [0.15, 0.2) is 18.2 Å². The van der Waals surface area contributed by atoms with E-state index in [1.54, 1.807) is 0 Å². The van der Waals surface area contributed by atoms with E-state index in [1.807, 2.05) is 0 Å². The van der Waals surface area contributed by atoms with E-state index in [9.17, 15) is 0 Å². The highest BCUT2D eigenvalue weighted by atomic mass is 32.1. The van der Waals surface area contributed by atoms with Crippen LogP contribution in [0.1, 0.15) is 63.5 Å². The first-order valence-electron chi connectivity index (χ1n) is 8.28. The van der Waals surface area contributed by atoms with Crippen molar-refractivity contribution < 1.29 is 4.74 Å². The molecule has 1 aromatic rings. The van der Waals surface area contributed by atoms with Crippen LogP contribution in [0, 0.1) is 0 Å².